The van der Waals surface area contributed by atoms with E-state index in [4.69, 9.17) is 0 Å². The normalized spacial score (nSPS) is 26.9. The zero-order valence-corrected chi connectivity index (χ0v) is 10.0. The third-order valence-corrected chi connectivity index (χ3v) is 4.24. The third-order valence-electron chi connectivity index (χ3n) is 3.29. The molecule has 2 fully saturated rings. The molecule has 2 saturated heterocycles. The molecule has 2 aliphatic rings. The minimum Gasteiger partial charge on any atom is -0.341 e. The van der Waals surface area contributed by atoms with Crippen molar-refractivity contribution in [3.8, 4) is 0 Å². The van der Waals surface area contributed by atoms with Gasteiger partial charge < -0.3 is 10.2 Å². The largest absolute Gasteiger partial charge is 0.341 e. The van der Waals surface area contributed by atoms with Crippen LogP contribution in [0.3, 0.4) is 0 Å². The summed E-state index contributed by atoms with van der Waals surface area (Å²) in [5.41, 5.74) is 0. The van der Waals surface area contributed by atoms with Gasteiger partial charge in [0.1, 0.15) is 0 Å². The second kappa shape index (κ2) is 5.75. The lowest BCUT2D eigenvalue weighted by molar-refractivity contribution is -0.131. The summed E-state index contributed by atoms with van der Waals surface area (Å²) in [6.07, 6.45) is 3.09. The zero-order chi connectivity index (χ0) is 10.5. The summed E-state index contributed by atoms with van der Waals surface area (Å²) in [5.74, 6) is 3.36. The van der Waals surface area contributed by atoms with Crippen molar-refractivity contribution in [3.63, 3.8) is 0 Å². The Kier molecular flexibility index (Phi) is 4.32. The number of hydrogen-bond donors (Lipinski definition) is 1. The highest BCUT2D eigenvalue weighted by molar-refractivity contribution is 7.99. The lowest BCUT2D eigenvalue weighted by Crippen LogP contribution is -2.38. The lowest BCUT2D eigenvalue weighted by Gasteiger charge is -2.26. The van der Waals surface area contributed by atoms with Crippen LogP contribution >= 0.6 is 11.8 Å². The first-order valence-electron chi connectivity index (χ1n) is 5.92. The molecule has 2 heterocycles. The molecule has 2 rings (SSSR count). The maximum atomic E-state index is 11.9. The number of rotatable bonds is 3. The highest BCUT2D eigenvalue weighted by atomic mass is 32.2. The number of nitrogens with one attached hydrogen (secondary N) is 1. The number of amides is 1. The maximum Gasteiger partial charge on any atom is 0.222 e. The summed E-state index contributed by atoms with van der Waals surface area (Å²) in [6.45, 7) is 4.18. The zero-order valence-electron chi connectivity index (χ0n) is 9.21. The number of thioether (sulfide) groups is 1. The second-order valence-corrected chi connectivity index (χ2v) is 5.62. The van der Waals surface area contributed by atoms with E-state index in [2.05, 4.69) is 5.32 Å². The van der Waals surface area contributed by atoms with Crippen molar-refractivity contribution >= 4 is 17.7 Å². The van der Waals surface area contributed by atoms with Crippen LogP contribution in [0.25, 0.3) is 0 Å². The van der Waals surface area contributed by atoms with Crippen LogP contribution in [0.5, 0.6) is 0 Å². The van der Waals surface area contributed by atoms with Crippen molar-refractivity contribution in [2.75, 3.05) is 37.7 Å². The third kappa shape index (κ3) is 3.38. The Morgan fingerprint density at radius 3 is 2.87 bits per heavy atom. The minimum atomic E-state index is 0.377. The predicted molar refractivity (Wildman–Crippen MR) is 64.1 cm³/mol. The van der Waals surface area contributed by atoms with Crippen LogP contribution in [-0.2, 0) is 4.79 Å². The Labute approximate surface area is 96.0 Å². The Hall–Kier alpha value is -0.220. The van der Waals surface area contributed by atoms with Crippen molar-refractivity contribution in [3.05, 3.63) is 0 Å². The van der Waals surface area contributed by atoms with Crippen LogP contribution in [-0.4, -0.2) is 48.5 Å². The molecule has 4 heteroatoms. The predicted octanol–water partition coefficient (Wildman–Crippen LogP) is 0.952. The molecule has 3 nitrogen and oxygen atoms in total. The van der Waals surface area contributed by atoms with Gasteiger partial charge in [-0.1, -0.05) is 0 Å². The number of carbonyl (C=O) groups is 1. The molecule has 1 amide bonds. The van der Waals surface area contributed by atoms with Gasteiger partial charge in [-0.3, -0.25) is 4.79 Å². The van der Waals surface area contributed by atoms with Crippen molar-refractivity contribution < 1.29 is 4.79 Å². The molecule has 0 bridgehead atoms. The van der Waals surface area contributed by atoms with Gasteiger partial charge >= 0.3 is 0 Å². The maximum absolute atomic E-state index is 11.9. The molecule has 0 aromatic heterocycles. The highest BCUT2D eigenvalue weighted by Gasteiger charge is 2.19. The highest BCUT2D eigenvalue weighted by Crippen LogP contribution is 2.16. The first-order valence-corrected chi connectivity index (χ1v) is 7.08. The van der Waals surface area contributed by atoms with E-state index in [-0.39, 0.29) is 0 Å². The number of hydrogen-bond acceptors (Lipinski definition) is 3. The SMILES string of the molecule is O=C(CCC1CCNC1)N1CCSCC1. The van der Waals surface area contributed by atoms with Gasteiger partial charge in [0.15, 0.2) is 0 Å². The molecule has 0 aromatic rings. The Morgan fingerprint density at radius 2 is 2.20 bits per heavy atom. The van der Waals surface area contributed by atoms with Crippen molar-refractivity contribution in [1.29, 1.82) is 0 Å². The smallest absolute Gasteiger partial charge is 0.222 e. The van der Waals surface area contributed by atoms with Crippen LogP contribution < -0.4 is 5.32 Å². The van der Waals surface area contributed by atoms with E-state index in [9.17, 15) is 4.79 Å². The van der Waals surface area contributed by atoms with Gasteiger partial charge in [-0.25, -0.2) is 0 Å². The lowest BCUT2D eigenvalue weighted by atomic mass is 10.0. The first kappa shape index (κ1) is 11.3. The molecule has 1 atom stereocenters. The van der Waals surface area contributed by atoms with Crippen molar-refractivity contribution in [1.82, 2.24) is 10.2 Å². The summed E-state index contributed by atoms with van der Waals surface area (Å²) >= 11 is 1.96. The summed E-state index contributed by atoms with van der Waals surface area (Å²) < 4.78 is 0. The van der Waals surface area contributed by atoms with Crippen molar-refractivity contribution in [2.45, 2.75) is 19.3 Å². The van der Waals surface area contributed by atoms with Gasteiger partial charge in [-0.2, -0.15) is 11.8 Å². The van der Waals surface area contributed by atoms with E-state index >= 15 is 0 Å². The standard InChI is InChI=1S/C11H20N2OS/c14-11(13-5-7-15-8-6-13)2-1-10-3-4-12-9-10/h10,12H,1-9H2. The molecule has 1 N–H and O–H groups in total. The van der Waals surface area contributed by atoms with Gasteiger partial charge in [-0.15, -0.1) is 0 Å². The van der Waals surface area contributed by atoms with Crippen LogP contribution in [0.15, 0.2) is 0 Å². The van der Waals surface area contributed by atoms with Gasteiger partial charge in [-0.05, 0) is 31.8 Å². The average molecular weight is 228 g/mol. The molecule has 0 saturated carbocycles. The van der Waals surface area contributed by atoms with Crippen LogP contribution in [0.4, 0.5) is 0 Å². The monoisotopic (exact) mass is 228 g/mol. The summed E-state index contributed by atoms with van der Waals surface area (Å²) in [6, 6.07) is 0. The molecule has 2 aliphatic heterocycles. The first-order chi connectivity index (χ1) is 7.36. The van der Waals surface area contributed by atoms with E-state index < -0.39 is 0 Å². The van der Waals surface area contributed by atoms with Gasteiger partial charge in [0, 0.05) is 31.0 Å². The average Bonchev–Trinajstić information content (AvgIpc) is 2.80. The van der Waals surface area contributed by atoms with Gasteiger partial charge in [0.05, 0.1) is 0 Å². The number of carbonyl (C=O) groups excluding carboxylic acids is 1. The second-order valence-electron chi connectivity index (χ2n) is 4.39. The molecule has 0 aliphatic carbocycles. The van der Waals surface area contributed by atoms with Crippen LogP contribution in [0, 0.1) is 5.92 Å². The minimum absolute atomic E-state index is 0.377. The molecule has 1 unspecified atom stereocenters. The van der Waals surface area contributed by atoms with Gasteiger partial charge in [0.25, 0.3) is 0 Å². The quantitative estimate of drug-likeness (QED) is 0.780. The van der Waals surface area contributed by atoms with Gasteiger partial charge in [0.2, 0.25) is 5.91 Å². The Balaban J connectivity index is 1.66. The van der Waals surface area contributed by atoms with E-state index in [1.54, 1.807) is 0 Å². The Morgan fingerprint density at radius 1 is 1.40 bits per heavy atom. The van der Waals surface area contributed by atoms with Crippen LogP contribution in [0.2, 0.25) is 0 Å². The Bertz CT molecular complexity index is 211. The fourth-order valence-corrected chi connectivity index (χ4v) is 3.16. The fourth-order valence-electron chi connectivity index (χ4n) is 2.26. The van der Waals surface area contributed by atoms with E-state index in [0.29, 0.717) is 5.91 Å². The molecular weight excluding hydrogens is 208 g/mol. The van der Waals surface area contributed by atoms with Crippen molar-refractivity contribution in [2.24, 2.45) is 5.92 Å². The molecule has 0 spiro atoms. The molecular formula is C11H20N2OS. The van der Waals surface area contributed by atoms with E-state index in [1.807, 2.05) is 16.7 Å². The summed E-state index contributed by atoms with van der Waals surface area (Å²) in [5, 5.41) is 3.35. The summed E-state index contributed by atoms with van der Waals surface area (Å²) in [4.78, 5) is 13.9. The van der Waals surface area contributed by atoms with E-state index in [1.165, 1.54) is 6.42 Å². The number of nitrogens with zero attached hydrogens (tertiary/aromatic N) is 1. The topological polar surface area (TPSA) is 32.3 Å². The van der Waals surface area contributed by atoms with Crippen LogP contribution in [0.1, 0.15) is 19.3 Å². The molecule has 0 aromatic carbocycles. The fraction of sp³-hybridized carbons (Fsp3) is 0.909. The molecule has 86 valence electrons. The van der Waals surface area contributed by atoms with E-state index in [0.717, 1.165) is 56.4 Å². The summed E-state index contributed by atoms with van der Waals surface area (Å²) in [7, 11) is 0. The molecule has 15 heavy (non-hydrogen) atoms. The molecule has 0 radical (unpaired) electrons.